The van der Waals surface area contributed by atoms with Gasteiger partial charge in [0, 0.05) is 12.5 Å². The number of allylic oxidation sites excluding steroid dienone is 3. The second kappa shape index (κ2) is 8.27. The van der Waals surface area contributed by atoms with Crippen molar-refractivity contribution in [1.29, 1.82) is 0 Å². The molecule has 0 aliphatic rings. The normalized spacial score (nSPS) is 12.7. The van der Waals surface area contributed by atoms with E-state index in [-0.39, 0.29) is 11.8 Å². The van der Waals surface area contributed by atoms with Gasteiger partial charge in [0.05, 0.1) is 0 Å². The second-order valence-electron chi connectivity index (χ2n) is 3.91. The van der Waals surface area contributed by atoms with Crippen LogP contribution < -0.4 is 5.32 Å². The Bertz CT molecular complexity index is 231. The minimum Gasteiger partial charge on any atom is -0.356 e. The molecule has 2 nitrogen and oxygen atoms in total. The number of nitrogens with one attached hydrogen (secondary N) is 1. The lowest BCUT2D eigenvalue weighted by atomic mass is 10.0. The third-order valence-corrected chi connectivity index (χ3v) is 2.25. The lowest BCUT2D eigenvalue weighted by Gasteiger charge is -2.11. The van der Waals surface area contributed by atoms with Gasteiger partial charge in [0.15, 0.2) is 0 Å². The van der Waals surface area contributed by atoms with E-state index in [0.29, 0.717) is 0 Å². The fraction of sp³-hybridized carbons (Fsp3) is 0.615. The lowest BCUT2D eigenvalue weighted by Crippen LogP contribution is -2.30. The van der Waals surface area contributed by atoms with Crippen LogP contribution in [0.4, 0.5) is 0 Å². The predicted octanol–water partition coefficient (Wildman–Crippen LogP) is 3.06. The molecule has 0 aromatic heterocycles. The Morgan fingerprint density at radius 3 is 2.73 bits per heavy atom. The van der Waals surface area contributed by atoms with Crippen LogP contribution >= 0.6 is 0 Å². The fourth-order valence-corrected chi connectivity index (χ4v) is 1.35. The minimum atomic E-state index is 0.0190. The first-order valence-electron chi connectivity index (χ1n) is 5.70. The highest BCUT2D eigenvalue weighted by atomic mass is 16.1. The van der Waals surface area contributed by atoms with Gasteiger partial charge in [-0.3, -0.25) is 4.79 Å². The molecule has 0 aliphatic carbocycles. The third-order valence-electron chi connectivity index (χ3n) is 2.25. The SMILES string of the molecule is C=C(/C=C\C)CC(C)C(=O)NCCCC. The molecule has 0 rings (SSSR count). The zero-order valence-electron chi connectivity index (χ0n) is 10.2. The maximum atomic E-state index is 11.6. The summed E-state index contributed by atoms with van der Waals surface area (Å²) in [6, 6.07) is 0. The lowest BCUT2D eigenvalue weighted by molar-refractivity contribution is -0.124. The third kappa shape index (κ3) is 6.95. The van der Waals surface area contributed by atoms with Crippen LogP contribution in [-0.2, 0) is 4.79 Å². The first-order valence-corrected chi connectivity index (χ1v) is 5.70. The molecule has 0 aliphatic heterocycles. The molecule has 1 unspecified atom stereocenters. The van der Waals surface area contributed by atoms with Crippen LogP contribution in [0.3, 0.4) is 0 Å². The van der Waals surface area contributed by atoms with Crippen molar-refractivity contribution < 1.29 is 4.79 Å². The smallest absolute Gasteiger partial charge is 0.223 e. The molecule has 15 heavy (non-hydrogen) atoms. The summed E-state index contributed by atoms with van der Waals surface area (Å²) in [5.74, 6) is 0.152. The van der Waals surface area contributed by atoms with E-state index in [2.05, 4.69) is 18.8 Å². The van der Waals surface area contributed by atoms with Crippen LogP contribution in [0.25, 0.3) is 0 Å². The van der Waals surface area contributed by atoms with Gasteiger partial charge in [0.2, 0.25) is 5.91 Å². The number of hydrogen-bond donors (Lipinski definition) is 1. The number of carbonyl (C=O) groups is 1. The van der Waals surface area contributed by atoms with Gasteiger partial charge in [0.1, 0.15) is 0 Å². The molecule has 1 atom stereocenters. The van der Waals surface area contributed by atoms with E-state index in [1.807, 2.05) is 26.0 Å². The Morgan fingerprint density at radius 2 is 2.20 bits per heavy atom. The quantitative estimate of drug-likeness (QED) is 0.507. The molecular formula is C13H23NO. The molecule has 0 saturated heterocycles. The fourth-order valence-electron chi connectivity index (χ4n) is 1.35. The van der Waals surface area contributed by atoms with Gasteiger partial charge in [-0.15, -0.1) is 0 Å². The largest absolute Gasteiger partial charge is 0.356 e. The van der Waals surface area contributed by atoms with E-state index in [0.717, 1.165) is 31.4 Å². The molecule has 0 saturated carbocycles. The van der Waals surface area contributed by atoms with Gasteiger partial charge < -0.3 is 5.32 Å². The first-order chi connectivity index (χ1) is 7.11. The number of unbranched alkanes of at least 4 members (excludes halogenated alkanes) is 1. The zero-order valence-corrected chi connectivity index (χ0v) is 10.2. The molecule has 1 N–H and O–H groups in total. The second-order valence-corrected chi connectivity index (χ2v) is 3.91. The van der Waals surface area contributed by atoms with Crippen LogP contribution in [0.15, 0.2) is 24.3 Å². The molecule has 0 radical (unpaired) electrons. The van der Waals surface area contributed by atoms with E-state index >= 15 is 0 Å². The molecule has 0 fully saturated rings. The van der Waals surface area contributed by atoms with E-state index < -0.39 is 0 Å². The standard InChI is InChI=1S/C13H23NO/c1-5-7-9-14-13(15)12(4)10-11(3)8-6-2/h6,8,12H,3,5,7,9-10H2,1-2,4H3,(H,14,15)/b8-6-. The van der Waals surface area contributed by atoms with E-state index in [4.69, 9.17) is 0 Å². The topological polar surface area (TPSA) is 29.1 Å². The van der Waals surface area contributed by atoms with Gasteiger partial charge in [0.25, 0.3) is 0 Å². The van der Waals surface area contributed by atoms with Crippen LogP contribution in [0, 0.1) is 5.92 Å². The van der Waals surface area contributed by atoms with Crippen LogP contribution in [0.5, 0.6) is 0 Å². The van der Waals surface area contributed by atoms with Crippen molar-refractivity contribution >= 4 is 5.91 Å². The van der Waals surface area contributed by atoms with Gasteiger partial charge in [-0.2, -0.15) is 0 Å². The molecule has 86 valence electrons. The zero-order chi connectivity index (χ0) is 11.7. The molecule has 0 heterocycles. The van der Waals surface area contributed by atoms with Crippen molar-refractivity contribution in [1.82, 2.24) is 5.32 Å². The first kappa shape index (κ1) is 13.9. The van der Waals surface area contributed by atoms with Gasteiger partial charge >= 0.3 is 0 Å². The Kier molecular flexibility index (Phi) is 7.69. The number of carbonyl (C=O) groups excluding carboxylic acids is 1. The average Bonchev–Trinajstić information content (AvgIpc) is 2.18. The van der Waals surface area contributed by atoms with Gasteiger partial charge in [-0.25, -0.2) is 0 Å². The van der Waals surface area contributed by atoms with Crippen molar-refractivity contribution in [3.63, 3.8) is 0 Å². The van der Waals surface area contributed by atoms with E-state index in [1.54, 1.807) is 0 Å². The highest BCUT2D eigenvalue weighted by Gasteiger charge is 2.11. The summed E-state index contributed by atoms with van der Waals surface area (Å²) in [5, 5.41) is 2.93. The maximum Gasteiger partial charge on any atom is 0.223 e. The summed E-state index contributed by atoms with van der Waals surface area (Å²) in [7, 11) is 0. The Labute approximate surface area is 93.5 Å². The van der Waals surface area contributed by atoms with Gasteiger partial charge in [-0.1, -0.05) is 44.6 Å². The summed E-state index contributed by atoms with van der Waals surface area (Å²) in [5.41, 5.74) is 1.01. The Morgan fingerprint density at radius 1 is 1.53 bits per heavy atom. The van der Waals surface area contributed by atoms with Crippen molar-refractivity contribution in [2.24, 2.45) is 5.92 Å². The van der Waals surface area contributed by atoms with Crippen molar-refractivity contribution in [3.05, 3.63) is 24.3 Å². The van der Waals surface area contributed by atoms with Crippen molar-refractivity contribution in [2.45, 2.75) is 40.0 Å². The van der Waals surface area contributed by atoms with Crippen molar-refractivity contribution in [3.8, 4) is 0 Å². The number of rotatable bonds is 7. The maximum absolute atomic E-state index is 11.6. The predicted molar refractivity (Wildman–Crippen MR) is 65.7 cm³/mol. The Hall–Kier alpha value is -1.05. The van der Waals surface area contributed by atoms with Crippen molar-refractivity contribution in [2.75, 3.05) is 6.54 Å². The molecule has 1 amide bonds. The van der Waals surface area contributed by atoms with Crippen LogP contribution in [0.2, 0.25) is 0 Å². The van der Waals surface area contributed by atoms with E-state index in [1.165, 1.54) is 0 Å². The summed E-state index contributed by atoms with van der Waals surface area (Å²) in [6.07, 6.45) is 6.80. The van der Waals surface area contributed by atoms with E-state index in [9.17, 15) is 4.79 Å². The van der Waals surface area contributed by atoms with Gasteiger partial charge in [-0.05, 0) is 19.8 Å². The van der Waals surface area contributed by atoms with Crippen LogP contribution in [-0.4, -0.2) is 12.5 Å². The Balaban J connectivity index is 3.83. The molecule has 0 aromatic rings. The molecule has 0 aromatic carbocycles. The highest BCUT2D eigenvalue weighted by Crippen LogP contribution is 2.10. The summed E-state index contributed by atoms with van der Waals surface area (Å²) in [4.78, 5) is 11.6. The molecular weight excluding hydrogens is 186 g/mol. The summed E-state index contributed by atoms with van der Waals surface area (Å²) in [6.45, 7) is 10.7. The summed E-state index contributed by atoms with van der Waals surface area (Å²) >= 11 is 0. The molecule has 2 heteroatoms. The monoisotopic (exact) mass is 209 g/mol. The minimum absolute atomic E-state index is 0.0190. The molecule has 0 bridgehead atoms. The number of amides is 1. The summed E-state index contributed by atoms with van der Waals surface area (Å²) < 4.78 is 0. The van der Waals surface area contributed by atoms with Crippen LogP contribution in [0.1, 0.15) is 40.0 Å². The highest BCUT2D eigenvalue weighted by molar-refractivity contribution is 5.78. The number of hydrogen-bond acceptors (Lipinski definition) is 1. The average molecular weight is 209 g/mol. The molecule has 0 spiro atoms.